The molecule has 1 heterocycles. The van der Waals surface area contributed by atoms with Crippen molar-refractivity contribution in [1.29, 1.82) is 0 Å². The summed E-state index contributed by atoms with van der Waals surface area (Å²) in [7, 11) is 0. The Hall–Kier alpha value is -2.79. The number of rotatable bonds is 7. The molecule has 0 spiro atoms. The molecule has 1 aromatic heterocycles. The average molecular weight is 402 g/mol. The molecule has 0 unspecified atom stereocenters. The smallest absolute Gasteiger partial charge is 0.264 e. The van der Waals surface area contributed by atoms with Crippen LogP contribution in [-0.4, -0.2) is 16.9 Å². The molecule has 1 amide bonds. The SMILES string of the molecule is Cc1cc(O[C@@H](C)C(=O)N(Cc2ccc(F)cc2)Cc2ccco2)ccc1Cl. The van der Waals surface area contributed by atoms with E-state index in [9.17, 15) is 9.18 Å². The minimum absolute atomic E-state index is 0.201. The molecule has 146 valence electrons. The highest BCUT2D eigenvalue weighted by molar-refractivity contribution is 6.31. The fraction of sp³-hybridized carbons (Fsp3) is 0.227. The van der Waals surface area contributed by atoms with Gasteiger partial charge in [0.25, 0.3) is 5.91 Å². The van der Waals surface area contributed by atoms with E-state index in [1.165, 1.54) is 12.1 Å². The van der Waals surface area contributed by atoms with E-state index in [1.54, 1.807) is 60.6 Å². The van der Waals surface area contributed by atoms with Crippen LogP contribution in [0.15, 0.2) is 65.3 Å². The van der Waals surface area contributed by atoms with Crippen LogP contribution in [0.2, 0.25) is 5.02 Å². The zero-order chi connectivity index (χ0) is 20.1. The van der Waals surface area contributed by atoms with E-state index in [-0.39, 0.29) is 18.3 Å². The molecule has 0 N–H and O–H groups in total. The van der Waals surface area contributed by atoms with E-state index in [2.05, 4.69) is 0 Å². The van der Waals surface area contributed by atoms with E-state index in [4.69, 9.17) is 20.8 Å². The summed E-state index contributed by atoms with van der Waals surface area (Å²) in [6.45, 7) is 4.18. The van der Waals surface area contributed by atoms with Crippen molar-refractivity contribution >= 4 is 17.5 Å². The molecule has 6 heteroatoms. The fourth-order valence-corrected chi connectivity index (χ4v) is 2.93. The lowest BCUT2D eigenvalue weighted by molar-refractivity contribution is -0.139. The molecular formula is C22H21ClFNO3. The van der Waals surface area contributed by atoms with Crippen LogP contribution >= 0.6 is 11.6 Å². The van der Waals surface area contributed by atoms with Gasteiger partial charge < -0.3 is 14.1 Å². The Kier molecular flexibility index (Phi) is 6.37. The first kappa shape index (κ1) is 20.0. The number of benzene rings is 2. The first-order valence-corrected chi connectivity index (χ1v) is 9.28. The number of nitrogens with zero attached hydrogens (tertiary/aromatic N) is 1. The molecule has 3 rings (SSSR count). The highest BCUT2D eigenvalue weighted by atomic mass is 35.5. The molecule has 0 bridgehead atoms. The summed E-state index contributed by atoms with van der Waals surface area (Å²) >= 11 is 6.04. The van der Waals surface area contributed by atoms with Crippen LogP contribution in [0.4, 0.5) is 4.39 Å². The van der Waals surface area contributed by atoms with Crippen molar-refractivity contribution < 1.29 is 18.3 Å². The Morgan fingerprint density at radius 1 is 1.18 bits per heavy atom. The van der Waals surface area contributed by atoms with E-state index >= 15 is 0 Å². The average Bonchev–Trinajstić information content (AvgIpc) is 3.18. The minimum Gasteiger partial charge on any atom is -0.481 e. The maximum atomic E-state index is 13.2. The summed E-state index contributed by atoms with van der Waals surface area (Å²) in [5.74, 6) is 0.711. The predicted octanol–water partition coefficient (Wildman–Crippen LogP) is 5.38. The Bertz CT molecular complexity index is 925. The topological polar surface area (TPSA) is 42.7 Å². The maximum absolute atomic E-state index is 13.2. The highest BCUT2D eigenvalue weighted by Crippen LogP contribution is 2.23. The van der Waals surface area contributed by atoms with Crippen LogP contribution < -0.4 is 4.74 Å². The van der Waals surface area contributed by atoms with Gasteiger partial charge in [-0.15, -0.1) is 0 Å². The van der Waals surface area contributed by atoms with Gasteiger partial charge in [-0.05, 0) is 67.4 Å². The molecule has 0 aliphatic heterocycles. The Balaban J connectivity index is 1.75. The fourth-order valence-electron chi connectivity index (χ4n) is 2.81. The Morgan fingerprint density at radius 2 is 1.93 bits per heavy atom. The van der Waals surface area contributed by atoms with Gasteiger partial charge in [0, 0.05) is 11.6 Å². The van der Waals surface area contributed by atoms with Gasteiger partial charge in [0.15, 0.2) is 6.10 Å². The number of amides is 1. The number of aryl methyl sites for hydroxylation is 1. The number of carbonyl (C=O) groups excluding carboxylic acids is 1. The monoisotopic (exact) mass is 401 g/mol. The second-order valence-corrected chi connectivity index (χ2v) is 6.98. The minimum atomic E-state index is -0.712. The zero-order valence-electron chi connectivity index (χ0n) is 15.7. The van der Waals surface area contributed by atoms with Gasteiger partial charge in [0.05, 0.1) is 12.8 Å². The number of hydrogen-bond acceptors (Lipinski definition) is 3. The number of ether oxygens (including phenoxy) is 1. The van der Waals surface area contributed by atoms with E-state index < -0.39 is 6.10 Å². The highest BCUT2D eigenvalue weighted by Gasteiger charge is 2.23. The second-order valence-electron chi connectivity index (χ2n) is 6.57. The lowest BCUT2D eigenvalue weighted by atomic mass is 10.2. The molecule has 2 aromatic carbocycles. The first-order chi connectivity index (χ1) is 13.4. The quantitative estimate of drug-likeness (QED) is 0.534. The molecule has 0 saturated carbocycles. The van der Waals surface area contributed by atoms with Gasteiger partial charge in [0.1, 0.15) is 17.3 Å². The molecule has 0 radical (unpaired) electrons. The third-order valence-corrected chi connectivity index (χ3v) is 4.74. The van der Waals surface area contributed by atoms with Crippen molar-refractivity contribution in [3.05, 3.63) is 88.6 Å². The summed E-state index contributed by atoms with van der Waals surface area (Å²) in [4.78, 5) is 14.7. The predicted molar refractivity (Wildman–Crippen MR) is 106 cm³/mol. The molecule has 4 nitrogen and oxygen atoms in total. The lowest BCUT2D eigenvalue weighted by Gasteiger charge is -2.25. The van der Waals surface area contributed by atoms with E-state index in [1.807, 2.05) is 6.92 Å². The second kappa shape index (κ2) is 8.93. The van der Waals surface area contributed by atoms with Crippen LogP contribution in [-0.2, 0) is 17.9 Å². The maximum Gasteiger partial charge on any atom is 0.264 e. The number of hydrogen-bond donors (Lipinski definition) is 0. The molecule has 1 atom stereocenters. The first-order valence-electron chi connectivity index (χ1n) is 8.91. The van der Waals surface area contributed by atoms with Crippen molar-refractivity contribution in [2.24, 2.45) is 0 Å². The third-order valence-electron chi connectivity index (χ3n) is 4.32. The molecule has 28 heavy (non-hydrogen) atoms. The summed E-state index contributed by atoms with van der Waals surface area (Å²) in [6, 6.07) is 14.9. The summed E-state index contributed by atoms with van der Waals surface area (Å²) in [6.07, 6.45) is 0.850. The Labute approximate surface area is 168 Å². The third kappa shape index (κ3) is 5.14. The number of furan rings is 1. The molecule has 0 aliphatic rings. The van der Waals surface area contributed by atoms with E-state index in [0.717, 1.165) is 11.1 Å². The van der Waals surface area contributed by atoms with Gasteiger partial charge in [-0.25, -0.2) is 4.39 Å². The van der Waals surface area contributed by atoms with Gasteiger partial charge in [0.2, 0.25) is 0 Å². The standard InChI is InChI=1S/C22H21ClFNO3/c1-15-12-19(9-10-21(15)23)28-16(2)22(26)25(14-20-4-3-11-27-20)13-17-5-7-18(24)8-6-17/h3-12,16H,13-14H2,1-2H3/t16-/m0/s1. The van der Waals surface area contributed by atoms with Gasteiger partial charge in [-0.2, -0.15) is 0 Å². The van der Waals surface area contributed by atoms with Crippen molar-refractivity contribution in [2.45, 2.75) is 33.0 Å². The number of halogens is 2. The van der Waals surface area contributed by atoms with Gasteiger partial charge >= 0.3 is 0 Å². The van der Waals surface area contributed by atoms with Crippen LogP contribution in [0.3, 0.4) is 0 Å². The largest absolute Gasteiger partial charge is 0.481 e. The van der Waals surface area contributed by atoms with Crippen LogP contribution in [0, 0.1) is 12.7 Å². The van der Waals surface area contributed by atoms with Gasteiger partial charge in [-0.3, -0.25) is 4.79 Å². The number of carbonyl (C=O) groups is 1. The van der Waals surface area contributed by atoms with Crippen molar-refractivity contribution in [3.63, 3.8) is 0 Å². The van der Waals surface area contributed by atoms with E-state index in [0.29, 0.717) is 23.1 Å². The van der Waals surface area contributed by atoms with Gasteiger partial charge in [-0.1, -0.05) is 23.7 Å². The molecule has 0 fully saturated rings. The van der Waals surface area contributed by atoms with Crippen molar-refractivity contribution in [1.82, 2.24) is 4.90 Å². The normalized spacial score (nSPS) is 11.9. The summed E-state index contributed by atoms with van der Waals surface area (Å²) < 4.78 is 24.4. The molecule has 0 aliphatic carbocycles. The van der Waals surface area contributed by atoms with Crippen LogP contribution in [0.5, 0.6) is 5.75 Å². The van der Waals surface area contributed by atoms with Crippen LogP contribution in [0.25, 0.3) is 0 Å². The molecule has 3 aromatic rings. The summed E-state index contributed by atoms with van der Waals surface area (Å²) in [5.41, 5.74) is 1.69. The van der Waals surface area contributed by atoms with Crippen molar-refractivity contribution in [2.75, 3.05) is 0 Å². The molecular weight excluding hydrogens is 381 g/mol. The van der Waals surface area contributed by atoms with Crippen molar-refractivity contribution in [3.8, 4) is 5.75 Å². The lowest BCUT2D eigenvalue weighted by Crippen LogP contribution is -2.39. The Morgan fingerprint density at radius 3 is 2.57 bits per heavy atom. The zero-order valence-corrected chi connectivity index (χ0v) is 16.4. The van der Waals surface area contributed by atoms with Crippen LogP contribution in [0.1, 0.15) is 23.8 Å². The molecule has 0 saturated heterocycles. The summed E-state index contributed by atoms with van der Waals surface area (Å²) in [5, 5.41) is 0.641.